The molecule has 4 aromatic rings. The van der Waals surface area contributed by atoms with Gasteiger partial charge in [0.25, 0.3) is 0 Å². The van der Waals surface area contributed by atoms with Crippen LogP contribution in [0.25, 0.3) is 33.3 Å². The average molecular weight is 335 g/mol. The van der Waals surface area contributed by atoms with Crippen LogP contribution in [-0.4, -0.2) is 9.97 Å². The predicted octanol–water partition coefficient (Wildman–Crippen LogP) is 5.40. The summed E-state index contributed by atoms with van der Waals surface area (Å²) in [4.78, 5) is 9.08. The summed E-state index contributed by atoms with van der Waals surface area (Å²) in [5.74, 6) is 0. The summed E-state index contributed by atoms with van der Waals surface area (Å²) < 4.78 is 0. The molecule has 0 amide bonds. The number of pyridine rings is 2. The van der Waals surface area contributed by atoms with Crippen LogP contribution in [0.2, 0.25) is 0 Å². The number of rotatable bonds is 3. The van der Waals surface area contributed by atoms with Gasteiger partial charge in [-0.05, 0) is 23.6 Å². The Morgan fingerprint density at radius 1 is 0.923 bits per heavy atom. The van der Waals surface area contributed by atoms with E-state index < -0.39 is 0 Å². The van der Waals surface area contributed by atoms with Gasteiger partial charge >= 0.3 is 0 Å². The second-order valence-electron chi connectivity index (χ2n) is 6.18. The largest absolute Gasteiger partial charge is 0.247 e. The number of aryl methyl sites for hydroxylation is 1. The third kappa shape index (κ3) is 2.94. The minimum atomic E-state index is 0.379. The first-order valence-corrected chi connectivity index (χ1v) is 8.64. The summed E-state index contributed by atoms with van der Waals surface area (Å²) in [7, 11) is 0. The van der Waals surface area contributed by atoms with Crippen LogP contribution < -0.4 is 0 Å². The molecule has 26 heavy (non-hydrogen) atoms. The number of benzene rings is 2. The number of nitriles is 1. The van der Waals surface area contributed by atoms with Crippen molar-refractivity contribution in [3.8, 4) is 28.5 Å². The Morgan fingerprint density at radius 3 is 2.38 bits per heavy atom. The molecule has 2 aromatic heterocycles. The van der Waals surface area contributed by atoms with E-state index in [-0.39, 0.29) is 0 Å². The van der Waals surface area contributed by atoms with Crippen LogP contribution in [-0.2, 0) is 6.42 Å². The fourth-order valence-corrected chi connectivity index (χ4v) is 3.09. The second-order valence-corrected chi connectivity index (χ2v) is 6.18. The van der Waals surface area contributed by atoms with Crippen LogP contribution >= 0.6 is 0 Å². The molecule has 0 aliphatic rings. The first-order valence-electron chi connectivity index (χ1n) is 8.64. The van der Waals surface area contributed by atoms with Gasteiger partial charge in [0.2, 0.25) is 0 Å². The summed E-state index contributed by atoms with van der Waals surface area (Å²) in [5.41, 5.74) is 6.62. The molecule has 2 aromatic carbocycles. The lowest BCUT2D eigenvalue weighted by molar-refractivity contribution is 1.14. The van der Waals surface area contributed by atoms with Crippen molar-refractivity contribution in [1.29, 1.82) is 5.26 Å². The third-order valence-electron chi connectivity index (χ3n) is 4.53. The highest BCUT2D eigenvalue weighted by Crippen LogP contribution is 2.33. The lowest BCUT2D eigenvalue weighted by atomic mass is 9.97. The normalized spacial score (nSPS) is 10.6. The van der Waals surface area contributed by atoms with Gasteiger partial charge in [0.05, 0.1) is 11.2 Å². The van der Waals surface area contributed by atoms with E-state index in [2.05, 4.69) is 60.4 Å². The van der Waals surface area contributed by atoms with Gasteiger partial charge < -0.3 is 0 Å². The van der Waals surface area contributed by atoms with Crippen molar-refractivity contribution in [3.05, 3.63) is 84.2 Å². The van der Waals surface area contributed by atoms with Crippen molar-refractivity contribution in [2.24, 2.45) is 0 Å². The Balaban J connectivity index is 1.98. The number of nitrogens with zero attached hydrogens (tertiary/aromatic N) is 3. The van der Waals surface area contributed by atoms with E-state index in [9.17, 15) is 0 Å². The monoisotopic (exact) mass is 335 g/mol. The summed E-state index contributed by atoms with van der Waals surface area (Å²) in [6, 6.07) is 24.7. The summed E-state index contributed by atoms with van der Waals surface area (Å²) >= 11 is 0. The van der Waals surface area contributed by atoms with Gasteiger partial charge in [0, 0.05) is 28.8 Å². The Morgan fingerprint density at radius 2 is 1.69 bits per heavy atom. The molecule has 4 rings (SSSR count). The van der Waals surface area contributed by atoms with E-state index >= 15 is 0 Å². The smallest absolute Gasteiger partial charge is 0.142 e. The Kier molecular flexibility index (Phi) is 4.17. The molecule has 0 saturated carbocycles. The predicted molar refractivity (Wildman–Crippen MR) is 105 cm³/mol. The SMILES string of the molecule is CCc1ccc(-c2nc3cc(C#N)ncc3cc2-c2ccccc2)cc1. The third-order valence-corrected chi connectivity index (χ3v) is 4.53. The molecule has 0 aliphatic heterocycles. The fraction of sp³-hybridized carbons (Fsp3) is 0.0870. The van der Waals surface area contributed by atoms with E-state index in [1.54, 1.807) is 12.3 Å². The maximum atomic E-state index is 9.13. The van der Waals surface area contributed by atoms with Crippen molar-refractivity contribution in [2.45, 2.75) is 13.3 Å². The van der Waals surface area contributed by atoms with Gasteiger partial charge in [0.1, 0.15) is 11.8 Å². The van der Waals surface area contributed by atoms with E-state index in [4.69, 9.17) is 10.2 Å². The van der Waals surface area contributed by atoms with Crippen LogP contribution in [0.15, 0.2) is 72.9 Å². The van der Waals surface area contributed by atoms with Crippen LogP contribution in [0.3, 0.4) is 0 Å². The maximum Gasteiger partial charge on any atom is 0.142 e. The molecule has 0 saturated heterocycles. The van der Waals surface area contributed by atoms with E-state index in [1.807, 2.05) is 18.2 Å². The number of fused-ring (bicyclic) bond motifs is 1. The highest BCUT2D eigenvalue weighted by molar-refractivity contribution is 5.91. The number of hydrogen-bond donors (Lipinski definition) is 0. The van der Waals surface area contributed by atoms with Gasteiger partial charge in [-0.25, -0.2) is 9.97 Å². The van der Waals surface area contributed by atoms with Crippen LogP contribution in [0.5, 0.6) is 0 Å². The lowest BCUT2D eigenvalue weighted by Gasteiger charge is -2.12. The maximum absolute atomic E-state index is 9.13. The van der Waals surface area contributed by atoms with E-state index in [0.29, 0.717) is 5.69 Å². The average Bonchev–Trinajstić information content (AvgIpc) is 2.73. The van der Waals surface area contributed by atoms with Gasteiger partial charge in [0.15, 0.2) is 0 Å². The van der Waals surface area contributed by atoms with Crippen molar-refractivity contribution >= 4 is 10.9 Å². The molecule has 0 unspecified atom stereocenters. The zero-order valence-corrected chi connectivity index (χ0v) is 14.5. The Bertz CT molecular complexity index is 1110. The van der Waals surface area contributed by atoms with Gasteiger partial charge in [-0.1, -0.05) is 61.5 Å². The topological polar surface area (TPSA) is 49.6 Å². The summed E-state index contributed by atoms with van der Waals surface area (Å²) in [6.07, 6.45) is 2.73. The molecule has 0 bridgehead atoms. The molecule has 0 fully saturated rings. The van der Waals surface area contributed by atoms with Crippen LogP contribution in [0, 0.1) is 11.3 Å². The molecule has 0 radical (unpaired) electrons. The molecular weight excluding hydrogens is 318 g/mol. The van der Waals surface area contributed by atoms with Crippen molar-refractivity contribution in [2.75, 3.05) is 0 Å². The molecule has 3 nitrogen and oxygen atoms in total. The molecule has 0 atom stereocenters. The summed E-state index contributed by atoms with van der Waals surface area (Å²) in [5, 5.41) is 10.1. The highest BCUT2D eigenvalue weighted by atomic mass is 14.7. The zero-order chi connectivity index (χ0) is 17.9. The number of aromatic nitrogens is 2. The van der Waals surface area contributed by atoms with Crippen molar-refractivity contribution in [3.63, 3.8) is 0 Å². The van der Waals surface area contributed by atoms with E-state index in [0.717, 1.165) is 39.7 Å². The Labute approximate surface area is 152 Å². The first-order chi connectivity index (χ1) is 12.8. The van der Waals surface area contributed by atoms with E-state index in [1.165, 1.54) is 5.56 Å². The molecule has 0 N–H and O–H groups in total. The summed E-state index contributed by atoms with van der Waals surface area (Å²) in [6.45, 7) is 2.15. The molecule has 0 aliphatic carbocycles. The van der Waals surface area contributed by atoms with Gasteiger partial charge in [-0.2, -0.15) is 5.26 Å². The fourth-order valence-electron chi connectivity index (χ4n) is 3.09. The lowest BCUT2D eigenvalue weighted by Crippen LogP contribution is -1.93. The zero-order valence-electron chi connectivity index (χ0n) is 14.5. The number of hydrogen-bond acceptors (Lipinski definition) is 3. The first kappa shape index (κ1) is 16.0. The van der Waals surface area contributed by atoms with Crippen LogP contribution in [0.4, 0.5) is 0 Å². The standard InChI is InChI=1S/C23H17N3/c1-2-16-8-10-18(11-9-16)23-21(17-6-4-3-5-7-17)12-19-15-25-20(14-24)13-22(19)26-23/h3-13,15H,2H2,1H3. The second kappa shape index (κ2) is 6.78. The molecule has 0 spiro atoms. The van der Waals surface area contributed by atoms with Crippen LogP contribution in [0.1, 0.15) is 18.2 Å². The van der Waals surface area contributed by atoms with Crippen molar-refractivity contribution < 1.29 is 0 Å². The van der Waals surface area contributed by atoms with Gasteiger partial charge in [-0.3, -0.25) is 0 Å². The quantitative estimate of drug-likeness (QED) is 0.504. The molecule has 3 heteroatoms. The minimum Gasteiger partial charge on any atom is -0.247 e. The molecular formula is C23H17N3. The highest BCUT2D eigenvalue weighted by Gasteiger charge is 2.12. The minimum absolute atomic E-state index is 0.379. The molecule has 2 heterocycles. The molecule has 124 valence electrons. The Hall–Kier alpha value is -3.51. The van der Waals surface area contributed by atoms with Crippen molar-refractivity contribution in [1.82, 2.24) is 9.97 Å². The van der Waals surface area contributed by atoms with Gasteiger partial charge in [-0.15, -0.1) is 0 Å².